The highest BCUT2D eigenvalue weighted by atomic mass is 19.4. The molecule has 2 aromatic carbocycles. The molecule has 0 heterocycles. The highest BCUT2D eigenvalue weighted by Crippen LogP contribution is 2.34. The molecule has 1 N–H and O–H groups in total. The number of nitrogens with one attached hydrogen (secondary N) is 1. The van der Waals surface area contributed by atoms with E-state index in [1.165, 1.54) is 12.1 Å². The Morgan fingerprint density at radius 1 is 1.14 bits per heavy atom. The third-order valence-electron chi connectivity index (χ3n) is 4.33. The van der Waals surface area contributed by atoms with Crippen LogP contribution in [0.3, 0.4) is 0 Å². The van der Waals surface area contributed by atoms with Crippen molar-refractivity contribution in [3.63, 3.8) is 0 Å². The molecule has 2 rings (SSSR count). The molecule has 0 saturated heterocycles. The van der Waals surface area contributed by atoms with Gasteiger partial charge in [-0.2, -0.15) is 18.4 Å². The zero-order chi connectivity index (χ0) is 21.6. The summed E-state index contributed by atoms with van der Waals surface area (Å²) >= 11 is 0. The molecule has 2 atom stereocenters. The second kappa shape index (κ2) is 9.46. The molecular weight excluding hydrogens is 381 g/mol. The van der Waals surface area contributed by atoms with Crippen LogP contribution in [0.25, 0.3) is 0 Å². The summed E-state index contributed by atoms with van der Waals surface area (Å²) in [6, 6.07) is 13.7. The molecule has 2 unspecified atom stereocenters. The molecule has 0 aliphatic heterocycles. The SMILES string of the molecule is CC(C)CC(Oc1ccc(C#N)c(C(F)(F)F)c1)C(=O)NC(C)c1ccccc1. The molecule has 0 radical (unpaired) electrons. The van der Waals surface area contributed by atoms with Crippen molar-refractivity contribution in [3.05, 3.63) is 65.2 Å². The van der Waals surface area contributed by atoms with Crippen LogP contribution >= 0.6 is 0 Å². The first-order valence-corrected chi connectivity index (χ1v) is 9.25. The van der Waals surface area contributed by atoms with Crippen LogP contribution in [0.15, 0.2) is 48.5 Å². The maximum absolute atomic E-state index is 13.2. The van der Waals surface area contributed by atoms with Gasteiger partial charge in [0.15, 0.2) is 6.10 Å². The second-order valence-electron chi connectivity index (χ2n) is 7.19. The van der Waals surface area contributed by atoms with E-state index < -0.39 is 29.3 Å². The van der Waals surface area contributed by atoms with Gasteiger partial charge in [0.25, 0.3) is 5.91 Å². The minimum Gasteiger partial charge on any atom is -0.481 e. The Labute approximate surface area is 168 Å². The lowest BCUT2D eigenvalue weighted by molar-refractivity contribution is -0.137. The first kappa shape index (κ1) is 22.3. The Kier molecular flexibility index (Phi) is 7.27. The van der Waals surface area contributed by atoms with Crippen LogP contribution in [0.5, 0.6) is 5.75 Å². The summed E-state index contributed by atoms with van der Waals surface area (Å²) in [4.78, 5) is 12.8. The molecule has 1 amide bonds. The zero-order valence-electron chi connectivity index (χ0n) is 16.5. The number of nitrogens with zero attached hydrogens (tertiary/aromatic N) is 1. The summed E-state index contributed by atoms with van der Waals surface area (Å²) in [6.45, 7) is 5.61. The molecule has 0 spiro atoms. The fraction of sp³-hybridized carbons (Fsp3) is 0.364. The molecule has 0 fully saturated rings. The van der Waals surface area contributed by atoms with E-state index in [1.807, 2.05) is 51.1 Å². The van der Waals surface area contributed by atoms with Crippen LogP contribution in [0.1, 0.15) is 49.9 Å². The van der Waals surface area contributed by atoms with Crippen LogP contribution in [-0.4, -0.2) is 12.0 Å². The van der Waals surface area contributed by atoms with Gasteiger partial charge in [0.2, 0.25) is 0 Å². The Bertz CT molecular complexity index is 874. The lowest BCUT2D eigenvalue weighted by Gasteiger charge is -2.23. The number of ether oxygens (including phenoxy) is 1. The first-order chi connectivity index (χ1) is 13.6. The summed E-state index contributed by atoms with van der Waals surface area (Å²) in [7, 11) is 0. The average Bonchev–Trinajstić information content (AvgIpc) is 2.67. The molecule has 4 nitrogen and oxygen atoms in total. The van der Waals surface area contributed by atoms with Crippen molar-refractivity contribution < 1.29 is 22.7 Å². The van der Waals surface area contributed by atoms with Gasteiger partial charge in [-0.15, -0.1) is 0 Å². The number of carbonyl (C=O) groups excluding carboxylic acids is 1. The molecule has 7 heteroatoms. The lowest BCUT2D eigenvalue weighted by atomic mass is 10.0. The third kappa shape index (κ3) is 6.24. The Morgan fingerprint density at radius 3 is 2.34 bits per heavy atom. The number of rotatable bonds is 7. The van der Waals surface area contributed by atoms with E-state index in [0.717, 1.165) is 17.7 Å². The van der Waals surface area contributed by atoms with E-state index in [1.54, 1.807) is 0 Å². The molecule has 29 heavy (non-hydrogen) atoms. The fourth-order valence-electron chi connectivity index (χ4n) is 2.86. The van der Waals surface area contributed by atoms with Crippen LogP contribution < -0.4 is 10.1 Å². The van der Waals surface area contributed by atoms with Crippen molar-refractivity contribution in [1.82, 2.24) is 5.32 Å². The van der Waals surface area contributed by atoms with Crippen LogP contribution in [0.2, 0.25) is 0 Å². The molecule has 154 valence electrons. The summed E-state index contributed by atoms with van der Waals surface area (Å²) in [5.41, 5.74) is -0.673. The largest absolute Gasteiger partial charge is 0.481 e. The van der Waals surface area contributed by atoms with Crippen LogP contribution in [0, 0.1) is 17.2 Å². The molecule has 0 aromatic heterocycles. The van der Waals surface area contributed by atoms with Crippen molar-refractivity contribution >= 4 is 5.91 Å². The number of alkyl halides is 3. The predicted octanol–water partition coefficient (Wildman–Crippen LogP) is 5.25. The monoisotopic (exact) mass is 404 g/mol. The normalized spacial score (nSPS) is 13.4. The molecule has 0 bridgehead atoms. The number of halogens is 3. The van der Waals surface area contributed by atoms with Gasteiger partial charge in [-0.25, -0.2) is 0 Å². The van der Waals surface area contributed by atoms with E-state index in [-0.39, 0.29) is 17.7 Å². The Balaban J connectivity index is 2.22. The van der Waals surface area contributed by atoms with E-state index in [4.69, 9.17) is 10.00 Å². The summed E-state index contributed by atoms with van der Waals surface area (Å²) in [5, 5.41) is 11.8. The van der Waals surface area contributed by atoms with Crippen molar-refractivity contribution in [2.24, 2.45) is 5.92 Å². The Morgan fingerprint density at radius 2 is 1.79 bits per heavy atom. The number of carbonyl (C=O) groups is 1. The van der Waals surface area contributed by atoms with Gasteiger partial charge in [0, 0.05) is 0 Å². The van der Waals surface area contributed by atoms with Gasteiger partial charge in [-0.1, -0.05) is 44.2 Å². The van der Waals surface area contributed by atoms with Crippen LogP contribution in [-0.2, 0) is 11.0 Å². The standard InChI is InChI=1S/C22H23F3N2O2/c1-14(2)11-20(21(28)27-15(3)16-7-5-4-6-8-16)29-18-10-9-17(13-26)19(12-18)22(23,24)25/h4-10,12,14-15,20H,11H2,1-3H3,(H,27,28). The molecule has 2 aromatic rings. The van der Waals surface area contributed by atoms with Crippen molar-refractivity contribution in [2.75, 3.05) is 0 Å². The predicted molar refractivity (Wildman–Crippen MR) is 103 cm³/mol. The summed E-state index contributed by atoms with van der Waals surface area (Å²) in [5.74, 6) is -0.435. The first-order valence-electron chi connectivity index (χ1n) is 9.25. The third-order valence-corrected chi connectivity index (χ3v) is 4.33. The highest BCUT2D eigenvalue weighted by Gasteiger charge is 2.34. The number of amides is 1. The summed E-state index contributed by atoms with van der Waals surface area (Å²) < 4.78 is 45.2. The van der Waals surface area contributed by atoms with E-state index in [0.29, 0.717) is 6.42 Å². The second-order valence-corrected chi connectivity index (χ2v) is 7.19. The maximum atomic E-state index is 13.2. The van der Waals surface area contributed by atoms with Gasteiger partial charge in [0.1, 0.15) is 5.75 Å². The molecule has 0 saturated carbocycles. The number of benzene rings is 2. The zero-order valence-corrected chi connectivity index (χ0v) is 16.5. The van der Waals surface area contributed by atoms with Gasteiger partial charge in [-0.3, -0.25) is 4.79 Å². The van der Waals surface area contributed by atoms with E-state index in [9.17, 15) is 18.0 Å². The van der Waals surface area contributed by atoms with Crippen molar-refractivity contribution in [3.8, 4) is 11.8 Å². The molecular formula is C22H23F3N2O2. The van der Waals surface area contributed by atoms with Gasteiger partial charge in [-0.05, 0) is 43.0 Å². The highest BCUT2D eigenvalue weighted by molar-refractivity contribution is 5.81. The quantitative estimate of drug-likeness (QED) is 0.686. The molecule has 0 aliphatic carbocycles. The average molecular weight is 404 g/mol. The minimum absolute atomic E-state index is 0.0817. The van der Waals surface area contributed by atoms with Gasteiger partial charge in [0.05, 0.1) is 23.2 Å². The number of hydrogen-bond acceptors (Lipinski definition) is 3. The smallest absolute Gasteiger partial charge is 0.417 e. The van der Waals surface area contributed by atoms with Crippen molar-refractivity contribution in [2.45, 2.75) is 45.5 Å². The lowest BCUT2D eigenvalue weighted by Crippen LogP contribution is -2.40. The number of hydrogen-bond donors (Lipinski definition) is 1. The Hall–Kier alpha value is -3.01. The minimum atomic E-state index is -4.69. The fourth-order valence-corrected chi connectivity index (χ4v) is 2.86. The molecule has 0 aliphatic rings. The number of nitriles is 1. The topological polar surface area (TPSA) is 62.1 Å². The van der Waals surface area contributed by atoms with Gasteiger partial charge < -0.3 is 10.1 Å². The van der Waals surface area contributed by atoms with Gasteiger partial charge >= 0.3 is 6.18 Å². The van der Waals surface area contributed by atoms with E-state index in [2.05, 4.69) is 5.32 Å². The van der Waals surface area contributed by atoms with Crippen LogP contribution in [0.4, 0.5) is 13.2 Å². The van der Waals surface area contributed by atoms with E-state index >= 15 is 0 Å². The maximum Gasteiger partial charge on any atom is 0.417 e. The summed E-state index contributed by atoms with van der Waals surface area (Å²) in [6.07, 6.45) is -5.33. The van der Waals surface area contributed by atoms with Crippen molar-refractivity contribution in [1.29, 1.82) is 5.26 Å².